The van der Waals surface area contributed by atoms with E-state index in [-0.39, 0.29) is 18.4 Å². The van der Waals surface area contributed by atoms with E-state index >= 15 is 0 Å². The van der Waals surface area contributed by atoms with Crippen LogP contribution in [0.2, 0.25) is 0 Å². The van der Waals surface area contributed by atoms with Crippen LogP contribution in [0, 0.1) is 5.82 Å². The van der Waals surface area contributed by atoms with Crippen molar-refractivity contribution in [1.29, 1.82) is 0 Å². The van der Waals surface area contributed by atoms with E-state index in [9.17, 15) is 4.39 Å². The number of rotatable bonds is 3. The van der Waals surface area contributed by atoms with Crippen molar-refractivity contribution in [2.75, 3.05) is 25.2 Å². The molecule has 1 saturated heterocycles. The first kappa shape index (κ1) is 11.3. The minimum Gasteiger partial charge on any atom is -0.379 e. The molecule has 88 valence electrons. The van der Waals surface area contributed by atoms with Gasteiger partial charge in [-0.2, -0.15) is 0 Å². The van der Waals surface area contributed by atoms with Crippen molar-refractivity contribution >= 4 is 5.82 Å². The fraction of sp³-hybridized carbons (Fsp3) is 0.545. The van der Waals surface area contributed by atoms with Gasteiger partial charge in [-0.3, -0.25) is 0 Å². The van der Waals surface area contributed by atoms with Gasteiger partial charge >= 0.3 is 0 Å². The van der Waals surface area contributed by atoms with Crippen LogP contribution in [-0.4, -0.2) is 31.3 Å². The van der Waals surface area contributed by atoms with E-state index in [2.05, 4.69) is 4.98 Å². The Hall–Kier alpha value is -1.20. The van der Waals surface area contributed by atoms with Crippen molar-refractivity contribution in [3.63, 3.8) is 0 Å². The van der Waals surface area contributed by atoms with Gasteiger partial charge < -0.3 is 15.4 Å². The van der Waals surface area contributed by atoms with Gasteiger partial charge in [0.25, 0.3) is 0 Å². The lowest BCUT2D eigenvalue weighted by atomic mass is 10.2. The van der Waals surface area contributed by atoms with E-state index in [4.69, 9.17) is 10.5 Å². The lowest BCUT2D eigenvalue weighted by Crippen LogP contribution is -2.33. The molecule has 1 fully saturated rings. The van der Waals surface area contributed by atoms with Gasteiger partial charge in [0.1, 0.15) is 0 Å². The summed E-state index contributed by atoms with van der Waals surface area (Å²) in [5, 5.41) is 0. The van der Waals surface area contributed by atoms with Gasteiger partial charge in [0.05, 0.1) is 12.6 Å². The van der Waals surface area contributed by atoms with Gasteiger partial charge in [-0.1, -0.05) is 0 Å². The Bertz CT molecular complexity index is 366. The number of ether oxygens (including phenoxy) is 1. The maximum Gasteiger partial charge on any atom is 0.170 e. The standard InChI is InChI=1S/C11H16FN3O/c1-15(9-3-5-16-7-9)11-10(12)8(6-13)2-4-14-11/h2,4,9H,3,5-7,13H2,1H3. The van der Waals surface area contributed by atoms with Gasteiger partial charge in [0.2, 0.25) is 0 Å². The van der Waals surface area contributed by atoms with Gasteiger partial charge in [-0.05, 0) is 12.5 Å². The molecule has 1 aromatic rings. The molecule has 0 saturated carbocycles. The lowest BCUT2D eigenvalue weighted by molar-refractivity contribution is 0.193. The molecule has 2 rings (SSSR count). The van der Waals surface area contributed by atoms with E-state index in [1.807, 2.05) is 11.9 Å². The van der Waals surface area contributed by atoms with Crippen molar-refractivity contribution in [2.45, 2.75) is 19.0 Å². The van der Waals surface area contributed by atoms with Gasteiger partial charge in [-0.25, -0.2) is 9.37 Å². The SMILES string of the molecule is CN(c1nccc(CN)c1F)C1CCOC1. The Kier molecular flexibility index (Phi) is 3.36. The van der Waals surface area contributed by atoms with E-state index < -0.39 is 0 Å². The molecule has 16 heavy (non-hydrogen) atoms. The van der Waals surface area contributed by atoms with Crippen LogP contribution < -0.4 is 10.6 Å². The summed E-state index contributed by atoms with van der Waals surface area (Å²) < 4.78 is 19.2. The van der Waals surface area contributed by atoms with Crippen molar-refractivity contribution in [2.24, 2.45) is 5.73 Å². The number of hydrogen-bond acceptors (Lipinski definition) is 4. The number of nitrogens with two attached hydrogens (primary N) is 1. The summed E-state index contributed by atoms with van der Waals surface area (Å²) in [6.07, 6.45) is 2.50. The second-order valence-electron chi connectivity index (χ2n) is 3.94. The van der Waals surface area contributed by atoms with Crippen LogP contribution in [0.4, 0.5) is 10.2 Å². The zero-order valence-corrected chi connectivity index (χ0v) is 9.32. The Morgan fingerprint density at radius 3 is 3.12 bits per heavy atom. The molecular formula is C11H16FN3O. The normalized spacial score (nSPS) is 20.1. The molecule has 5 heteroatoms. The maximum absolute atomic E-state index is 14.0. The third-order valence-electron chi connectivity index (χ3n) is 2.96. The number of aromatic nitrogens is 1. The summed E-state index contributed by atoms with van der Waals surface area (Å²) >= 11 is 0. The molecule has 0 aromatic carbocycles. The molecule has 1 atom stereocenters. The van der Waals surface area contributed by atoms with Crippen molar-refractivity contribution in [1.82, 2.24) is 4.98 Å². The zero-order chi connectivity index (χ0) is 11.5. The van der Waals surface area contributed by atoms with E-state index in [0.717, 1.165) is 13.0 Å². The third-order valence-corrected chi connectivity index (χ3v) is 2.96. The third kappa shape index (κ3) is 2.01. The average Bonchev–Trinajstić information content (AvgIpc) is 2.82. The predicted molar refractivity (Wildman–Crippen MR) is 59.7 cm³/mol. The number of hydrogen-bond donors (Lipinski definition) is 1. The smallest absolute Gasteiger partial charge is 0.170 e. The van der Waals surface area contributed by atoms with Crippen LogP contribution in [-0.2, 0) is 11.3 Å². The highest BCUT2D eigenvalue weighted by molar-refractivity contribution is 5.43. The number of halogens is 1. The molecule has 1 aliphatic heterocycles. The first-order valence-corrected chi connectivity index (χ1v) is 5.38. The molecule has 4 nitrogen and oxygen atoms in total. The highest BCUT2D eigenvalue weighted by atomic mass is 19.1. The molecule has 0 radical (unpaired) electrons. The Labute approximate surface area is 94.2 Å². The van der Waals surface area contributed by atoms with Crippen LogP contribution >= 0.6 is 0 Å². The molecule has 0 amide bonds. The van der Waals surface area contributed by atoms with Gasteiger partial charge in [0, 0.05) is 32.0 Å². The fourth-order valence-corrected chi connectivity index (χ4v) is 1.88. The average molecular weight is 225 g/mol. The van der Waals surface area contributed by atoms with E-state index in [1.54, 1.807) is 12.3 Å². The first-order chi connectivity index (χ1) is 7.74. The molecule has 1 aliphatic rings. The molecule has 0 aliphatic carbocycles. The second-order valence-corrected chi connectivity index (χ2v) is 3.94. The second kappa shape index (κ2) is 4.76. The van der Waals surface area contributed by atoms with Crippen LogP contribution in [0.1, 0.15) is 12.0 Å². The van der Waals surface area contributed by atoms with Gasteiger partial charge in [0.15, 0.2) is 11.6 Å². The Balaban J connectivity index is 2.25. The summed E-state index contributed by atoms with van der Waals surface area (Å²) in [4.78, 5) is 5.91. The monoisotopic (exact) mass is 225 g/mol. The molecular weight excluding hydrogens is 209 g/mol. The van der Waals surface area contributed by atoms with Gasteiger partial charge in [-0.15, -0.1) is 0 Å². The molecule has 2 N–H and O–H groups in total. The van der Waals surface area contributed by atoms with Crippen molar-refractivity contribution in [3.05, 3.63) is 23.6 Å². The summed E-state index contributed by atoms with van der Waals surface area (Å²) in [6, 6.07) is 1.81. The Morgan fingerprint density at radius 1 is 1.69 bits per heavy atom. The van der Waals surface area contributed by atoms with E-state index in [1.165, 1.54) is 0 Å². The van der Waals surface area contributed by atoms with Crippen LogP contribution in [0.3, 0.4) is 0 Å². The molecule has 0 bridgehead atoms. The van der Waals surface area contributed by atoms with Crippen LogP contribution in [0.5, 0.6) is 0 Å². The molecule has 1 aromatic heterocycles. The van der Waals surface area contributed by atoms with Crippen LogP contribution in [0.25, 0.3) is 0 Å². The fourth-order valence-electron chi connectivity index (χ4n) is 1.88. The number of anilines is 1. The first-order valence-electron chi connectivity index (χ1n) is 5.38. The molecule has 2 heterocycles. The quantitative estimate of drug-likeness (QED) is 0.830. The number of likely N-dealkylation sites (N-methyl/N-ethyl adjacent to an activating group) is 1. The topological polar surface area (TPSA) is 51.4 Å². The largest absolute Gasteiger partial charge is 0.379 e. The lowest BCUT2D eigenvalue weighted by Gasteiger charge is -2.25. The van der Waals surface area contributed by atoms with Crippen molar-refractivity contribution in [3.8, 4) is 0 Å². The van der Waals surface area contributed by atoms with Crippen LogP contribution in [0.15, 0.2) is 12.3 Å². The number of pyridine rings is 1. The Morgan fingerprint density at radius 2 is 2.50 bits per heavy atom. The summed E-state index contributed by atoms with van der Waals surface area (Å²) in [7, 11) is 1.84. The van der Waals surface area contributed by atoms with E-state index in [0.29, 0.717) is 18.0 Å². The summed E-state index contributed by atoms with van der Waals surface area (Å²) in [5.74, 6) is 0.0397. The summed E-state index contributed by atoms with van der Waals surface area (Å²) in [6.45, 7) is 1.55. The minimum absolute atomic E-state index is 0.191. The molecule has 1 unspecified atom stereocenters. The zero-order valence-electron chi connectivity index (χ0n) is 9.32. The maximum atomic E-state index is 14.0. The highest BCUT2D eigenvalue weighted by Crippen LogP contribution is 2.22. The summed E-state index contributed by atoms with van der Waals surface area (Å²) in [5.41, 5.74) is 5.96. The molecule has 0 spiro atoms. The minimum atomic E-state index is -0.320. The predicted octanol–water partition coefficient (Wildman–Crippen LogP) is 0.905. The van der Waals surface area contributed by atoms with Crippen molar-refractivity contribution < 1.29 is 9.13 Å². The number of nitrogens with zero attached hydrogens (tertiary/aromatic N) is 2. The highest BCUT2D eigenvalue weighted by Gasteiger charge is 2.24.